The van der Waals surface area contributed by atoms with Crippen molar-refractivity contribution in [2.24, 2.45) is 0 Å². The molecule has 0 heterocycles. The number of unbranched alkanes of at least 4 members (excludes halogenated alkanes) is 39. The van der Waals surface area contributed by atoms with Gasteiger partial charge in [0.25, 0.3) is 0 Å². The van der Waals surface area contributed by atoms with Crippen LogP contribution in [0.2, 0.25) is 0 Å². The molecule has 6 nitrogen and oxygen atoms in total. The molecule has 0 aromatic heterocycles. The molecule has 356 valence electrons. The molecule has 0 saturated carbocycles. The molecule has 0 rings (SSSR count). The molecule has 0 bridgehead atoms. The van der Waals surface area contributed by atoms with Gasteiger partial charge in [-0.3, -0.25) is 9.59 Å². The quantitative estimate of drug-likeness (QED) is 0.0322. The van der Waals surface area contributed by atoms with Gasteiger partial charge >= 0.3 is 5.97 Å². The van der Waals surface area contributed by atoms with Crippen molar-refractivity contribution < 1.29 is 24.5 Å². The van der Waals surface area contributed by atoms with Crippen molar-refractivity contribution in [3.8, 4) is 0 Å². The molecule has 0 saturated heterocycles. The molecule has 3 N–H and O–H groups in total. The van der Waals surface area contributed by atoms with E-state index in [2.05, 4.69) is 19.2 Å². The van der Waals surface area contributed by atoms with Gasteiger partial charge in [-0.15, -0.1) is 0 Å². The lowest BCUT2D eigenvalue weighted by Gasteiger charge is -2.20. The molecule has 0 aliphatic carbocycles. The third kappa shape index (κ3) is 46.1. The molecule has 0 aromatic carbocycles. The van der Waals surface area contributed by atoms with E-state index in [1.54, 1.807) is 6.08 Å². The minimum Gasteiger partial charge on any atom is -0.466 e. The lowest BCUT2D eigenvalue weighted by Crippen LogP contribution is -2.45. The molecule has 2 atom stereocenters. The molecule has 6 heteroatoms. The molecule has 1 amide bonds. The van der Waals surface area contributed by atoms with Crippen LogP contribution >= 0.6 is 0 Å². The van der Waals surface area contributed by atoms with Crippen molar-refractivity contribution in [2.45, 2.75) is 309 Å². The van der Waals surface area contributed by atoms with Crippen LogP contribution in [0.25, 0.3) is 0 Å². The number of carbonyl (C=O) groups excluding carboxylic acids is 2. The number of carbonyl (C=O) groups is 2. The highest BCUT2D eigenvalue weighted by Gasteiger charge is 2.18. The van der Waals surface area contributed by atoms with Crippen LogP contribution in [0.15, 0.2) is 12.2 Å². The minimum absolute atomic E-state index is 0.0238. The van der Waals surface area contributed by atoms with Gasteiger partial charge in [0.1, 0.15) is 0 Å². The van der Waals surface area contributed by atoms with Crippen molar-refractivity contribution in [1.29, 1.82) is 0 Å². The summed E-state index contributed by atoms with van der Waals surface area (Å²) >= 11 is 0. The lowest BCUT2D eigenvalue weighted by atomic mass is 10.0. The summed E-state index contributed by atoms with van der Waals surface area (Å²) in [6, 6.07) is -0.647. The van der Waals surface area contributed by atoms with Crippen molar-refractivity contribution in [3.05, 3.63) is 12.2 Å². The van der Waals surface area contributed by atoms with Gasteiger partial charge in [0.15, 0.2) is 0 Å². The number of hydrogen-bond donors (Lipinski definition) is 3. The number of aliphatic hydroxyl groups is 2. The molecule has 0 aliphatic heterocycles. The average Bonchev–Trinajstić information content (AvgIpc) is 3.25. The van der Waals surface area contributed by atoms with Crippen LogP contribution in [-0.4, -0.2) is 47.4 Å². The van der Waals surface area contributed by atoms with Crippen LogP contribution in [0.5, 0.6) is 0 Å². The van der Waals surface area contributed by atoms with Crippen LogP contribution in [0.4, 0.5) is 0 Å². The first-order valence-electron chi connectivity index (χ1n) is 27.0. The Morgan fingerprint density at radius 1 is 0.450 bits per heavy atom. The largest absolute Gasteiger partial charge is 0.466 e. The SMILES string of the molecule is CCCCCCCCCCCCCCCCCCC/C=C/C(O)C(CO)NC(=O)CCCCCCCCCCCOC(=O)CCCCCCCCCCCCCCCCC. The second-order valence-corrected chi connectivity index (χ2v) is 18.6. The van der Waals surface area contributed by atoms with Crippen LogP contribution in [0.3, 0.4) is 0 Å². The Balaban J connectivity index is 3.51. The van der Waals surface area contributed by atoms with E-state index in [0.717, 1.165) is 57.8 Å². The Hall–Kier alpha value is -1.40. The summed E-state index contributed by atoms with van der Waals surface area (Å²) in [7, 11) is 0. The maximum absolute atomic E-state index is 12.4. The first-order chi connectivity index (χ1) is 29.5. The van der Waals surface area contributed by atoms with E-state index in [9.17, 15) is 19.8 Å². The molecule has 0 fully saturated rings. The van der Waals surface area contributed by atoms with Gasteiger partial charge in [0.2, 0.25) is 5.91 Å². The van der Waals surface area contributed by atoms with Gasteiger partial charge in [-0.05, 0) is 32.1 Å². The first-order valence-corrected chi connectivity index (χ1v) is 27.0. The highest BCUT2D eigenvalue weighted by atomic mass is 16.5. The summed E-state index contributed by atoms with van der Waals surface area (Å²) in [5, 5.41) is 23.1. The number of aliphatic hydroxyl groups excluding tert-OH is 2. The summed E-state index contributed by atoms with van der Waals surface area (Å²) in [5.41, 5.74) is 0. The van der Waals surface area contributed by atoms with Crippen LogP contribution < -0.4 is 5.32 Å². The second kappa shape index (κ2) is 50.2. The zero-order chi connectivity index (χ0) is 43.7. The maximum atomic E-state index is 12.4. The van der Waals surface area contributed by atoms with E-state index < -0.39 is 12.1 Å². The van der Waals surface area contributed by atoms with Gasteiger partial charge in [-0.2, -0.15) is 0 Å². The highest BCUT2D eigenvalue weighted by Crippen LogP contribution is 2.17. The fourth-order valence-electron chi connectivity index (χ4n) is 8.40. The standard InChI is InChI=1S/C54H105NO5/c1-3-5-7-9-11-13-15-17-19-20-21-22-24-25-27-30-34-38-42-46-52(57)51(50-56)55-53(58)47-43-39-35-31-29-33-37-41-45-49-60-54(59)48-44-40-36-32-28-26-23-18-16-14-12-10-8-6-4-2/h42,46,51-52,56-57H,3-41,43-45,47-50H2,1-2H3,(H,55,58)/b46-42+. The smallest absolute Gasteiger partial charge is 0.305 e. The normalized spacial score (nSPS) is 12.7. The molecule has 60 heavy (non-hydrogen) atoms. The molecule has 0 radical (unpaired) electrons. The van der Waals surface area contributed by atoms with E-state index in [4.69, 9.17) is 4.74 Å². The third-order valence-electron chi connectivity index (χ3n) is 12.6. The number of hydrogen-bond acceptors (Lipinski definition) is 5. The van der Waals surface area contributed by atoms with E-state index in [1.165, 1.54) is 212 Å². The number of nitrogens with one attached hydrogen (secondary N) is 1. The molecule has 0 spiro atoms. The van der Waals surface area contributed by atoms with Gasteiger partial charge in [-0.25, -0.2) is 0 Å². The average molecular weight is 848 g/mol. The van der Waals surface area contributed by atoms with Gasteiger partial charge in [0, 0.05) is 12.8 Å². The van der Waals surface area contributed by atoms with E-state index >= 15 is 0 Å². The predicted octanol–water partition coefficient (Wildman–Crippen LogP) is 16.1. The Labute approximate surface area is 374 Å². The second-order valence-electron chi connectivity index (χ2n) is 18.6. The summed E-state index contributed by atoms with van der Waals surface area (Å²) in [6.07, 6.45) is 57.9. The molecule has 0 aliphatic rings. The van der Waals surface area contributed by atoms with Crippen LogP contribution in [-0.2, 0) is 14.3 Å². The summed E-state index contributed by atoms with van der Waals surface area (Å²) in [6.45, 7) is 4.86. The summed E-state index contributed by atoms with van der Waals surface area (Å²) in [5.74, 6) is -0.116. The number of amides is 1. The van der Waals surface area contributed by atoms with Gasteiger partial charge in [-0.1, -0.05) is 264 Å². The molecular formula is C54H105NO5. The van der Waals surface area contributed by atoms with Gasteiger partial charge in [0.05, 0.1) is 25.4 Å². The Morgan fingerprint density at radius 3 is 1.13 bits per heavy atom. The predicted molar refractivity (Wildman–Crippen MR) is 260 cm³/mol. The number of esters is 1. The number of rotatable bonds is 50. The Morgan fingerprint density at radius 2 is 0.767 bits per heavy atom. The zero-order valence-electron chi connectivity index (χ0n) is 40.5. The van der Waals surface area contributed by atoms with E-state index in [-0.39, 0.29) is 18.5 Å². The van der Waals surface area contributed by atoms with Crippen molar-refractivity contribution in [3.63, 3.8) is 0 Å². The van der Waals surface area contributed by atoms with Crippen molar-refractivity contribution in [2.75, 3.05) is 13.2 Å². The van der Waals surface area contributed by atoms with Crippen molar-refractivity contribution >= 4 is 11.9 Å². The third-order valence-corrected chi connectivity index (χ3v) is 12.6. The lowest BCUT2D eigenvalue weighted by molar-refractivity contribution is -0.143. The van der Waals surface area contributed by atoms with Crippen molar-refractivity contribution in [1.82, 2.24) is 5.32 Å². The van der Waals surface area contributed by atoms with Crippen LogP contribution in [0, 0.1) is 0 Å². The topological polar surface area (TPSA) is 95.9 Å². The fourth-order valence-corrected chi connectivity index (χ4v) is 8.40. The summed E-state index contributed by atoms with van der Waals surface area (Å²) in [4.78, 5) is 24.5. The molecule has 2 unspecified atom stereocenters. The fraction of sp³-hybridized carbons (Fsp3) is 0.926. The van der Waals surface area contributed by atoms with Gasteiger partial charge < -0.3 is 20.3 Å². The highest BCUT2D eigenvalue weighted by molar-refractivity contribution is 5.76. The van der Waals surface area contributed by atoms with E-state index in [1.807, 2.05) is 6.08 Å². The first kappa shape index (κ1) is 58.6. The monoisotopic (exact) mass is 848 g/mol. The molecule has 0 aromatic rings. The zero-order valence-corrected chi connectivity index (χ0v) is 40.5. The van der Waals surface area contributed by atoms with Crippen LogP contribution in [0.1, 0.15) is 296 Å². The Kier molecular flexibility index (Phi) is 49.1. The number of ether oxygens (including phenoxy) is 1. The minimum atomic E-state index is -0.861. The Bertz CT molecular complexity index is 893. The van der Waals surface area contributed by atoms with E-state index in [0.29, 0.717) is 19.4 Å². The number of allylic oxidation sites excluding steroid dienone is 1. The summed E-state index contributed by atoms with van der Waals surface area (Å²) < 4.78 is 5.46. The molecular weight excluding hydrogens is 743 g/mol. The maximum Gasteiger partial charge on any atom is 0.305 e.